The van der Waals surface area contributed by atoms with E-state index >= 15 is 0 Å². The number of carbonyl (C=O) groups is 1. The van der Waals surface area contributed by atoms with Gasteiger partial charge >= 0.3 is 0 Å². The van der Waals surface area contributed by atoms with Crippen LogP contribution in [0.25, 0.3) is 0 Å². The van der Waals surface area contributed by atoms with E-state index in [0.29, 0.717) is 19.6 Å². The molecule has 23 heavy (non-hydrogen) atoms. The molecule has 120 valence electrons. The Bertz CT molecular complexity index is 740. The van der Waals surface area contributed by atoms with E-state index in [1.165, 1.54) is 0 Å². The number of aromatic amines is 1. The standard InChI is InChI=1S/C17H19N3O3/c1-22-13-2-3-16-11(7-13)6-12(9-23-16)17(21)20-5-4-14-15(8-20)19-10-18-14/h2-3,7,10,12H,4-6,8-9H2,1H3,(H,18,19)/t12-/m1/s1. The van der Waals surface area contributed by atoms with Crippen LogP contribution in [0, 0.1) is 5.92 Å². The Hall–Kier alpha value is -2.50. The van der Waals surface area contributed by atoms with Gasteiger partial charge in [0.25, 0.3) is 0 Å². The predicted molar refractivity (Wildman–Crippen MR) is 83.4 cm³/mol. The van der Waals surface area contributed by atoms with Crippen LogP contribution >= 0.6 is 0 Å². The summed E-state index contributed by atoms with van der Waals surface area (Å²) in [5.74, 6) is 1.66. The Morgan fingerprint density at radius 2 is 2.39 bits per heavy atom. The van der Waals surface area contributed by atoms with Crippen LogP contribution in [-0.2, 0) is 24.2 Å². The highest BCUT2D eigenvalue weighted by atomic mass is 16.5. The number of nitrogens with zero attached hydrogens (tertiary/aromatic N) is 2. The number of hydrogen-bond acceptors (Lipinski definition) is 4. The van der Waals surface area contributed by atoms with Crippen LogP contribution in [0.15, 0.2) is 24.5 Å². The number of benzene rings is 1. The summed E-state index contributed by atoms with van der Waals surface area (Å²) in [6.45, 7) is 1.76. The SMILES string of the molecule is COc1ccc2c(c1)C[C@@H](C(=O)N1CCc3nc[nH]c3C1)CO2. The lowest BCUT2D eigenvalue weighted by Gasteiger charge is -2.32. The molecule has 1 atom stereocenters. The molecule has 2 aromatic rings. The number of amides is 1. The van der Waals surface area contributed by atoms with Gasteiger partial charge in [-0.2, -0.15) is 0 Å². The highest BCUT2D eigenvalue weighted by Crippen LogP contribution is 2.31. The molecule has 2 aliphatic rings. The topological polar surface area (TPSA) is 67.5 Å². The number of hydrogen-bond donors (Lipinski definition) is 1. The van der Waals surface area contributed by atoms with Gasteiger partial charge in [-0.1, -0.05) is 0 Å². The van der Waals surface area contributed by atoms with Gasteiger partial charge < -0.3 is 19.4 Å². The number of ether oxygens (including phenoxy) is 2. The van der Waals surface area contributed by atoms with Gasteiger partial charge in [-0.15, -0.1) is 0 Å². The molecule has 2 aliphatic heterocycles. The molecule has 1 amide bonds. The van der Waals surface area contributed by atoms with Crippen molar-refractivity contribution in [2.75, 3.05) is 20.3 Å². The molecule has 0 saturated carbocycles. The molecule has 6 nitrogen and oxygen atoms in total. The average molecular weight is 313 g/mol. The van der Waals surface area contributed by atoms with Crippen molar-refractivity contribution in [3.63, 3.8) is 0 Å². The van der Waals surface area contributed by atoms with E-state index in [0.717, 1.165) is 41.4 Å². The van der Waals surface area contributed by atoms with Crippen molar-refractivity contribution in [3.8, 4) is 11.5 Å². The van der Waals surface area contributed by atoms with E-state index < -0.39 is 0 Å². The van der Waals surface area contributed by atoms with Crippen LogP contribution in [0.4, 0.5) is 0 Å². The molecule has 3 heterocycles. The quantitative estimate of drug-likeness (QED) is 0.913. The van der Waals surface area contributed by atoms with Gasteiger partial charge in [0.2, 0.25) is 5.91 Å². The van der Waals surface area contributed by atoms with E-state index in [9.17, 15) is 4.79 Å². The molecule has 0 radical (unpaired) electrons. The van der Waals surface area contributed by atoms with Crippen molar-refractivity contribution >= 4 is 5.91 Å². The van der Waals surface area contributed by atoms with Crippen molar-refractivity contribution in [2.45, 2.75) is 19.4 Å². The second-order valence-corrected chi connectivity index (χ2v) is 6.02. The first-order valence-corrected chi connectivity index (χ1v) is 7.84. The third kappa shape index (κ3) is 2.54. The zero-order valence-corrected chi connectivity index (χ0v) is 13.0. The molecule has 1 N–H and O–H groups in total. The van der Waals surface area contributed by atoms with Gasteiger partial charge in [-0.3, -0.25) is 4.79 Å². The third-order valence-electron chi connectivity index (χ3n) is 4.61. The number of aromatic nitrogens is 2. The van der Waals surface area contributed by atoms with Crippen molar-refractivity contribution in [1.29, 1.82) is 0 Å². The summed E-state index contributed by atoms with van der Waals surface area (Å²) in [6, 6.07) is 5.75. The first-order chi connectivity index (χ1) is 11.2. The molecular weight excluding hydrogens is 294 g/mol. The maximum absolute atomic E-state index is 12.8. The zero-order valence-electron chi connectivity index (χ0n) is 13.0. The van der Waals surface area contributed by atoms with E-state index in [2.05, 4.69) is 9.97 Å². The van der Waals surface area contributed by atoms with Gasteiger partial charge in [-0.25, -0.2) is 4.98 Å². The van der Waals surface area contributed by atoms with Gasteiger partial charge in [-0.05, 0) is 30.2 Å². The first-order valence-electron chi connectivity index (χ1n) is 7.84. The van der Waals surface area contributed by atoms with Crippen LogP contribution in [0.3, 0.4) is 0 Å². The molecular formula is C17H19N3O3. The number of nitrogens with one attached hydrogen (secondary N) is 1. The number of rotatable bonds is 2. The number of H-pyrrole nitrogens is 1. The van der Waals surface area contributed by atoms with Crippen molar-refractivity contribution in [2.24, 2.45) is 5.92 Å². The van der Waals surface area contributed by atoms with E-state index in [-0.39, 0.29) is 11.8 Å². The molecule has 0 unspecified atom stereocenters. The monoisotopic (exact) mass is 313 g/mol. The minimum atomic E-state index is -0.140. The van der Waals surface area contributed by atoms with Crippen LogP contribution in [0.1, 0.15) is 17.0 Å². The summed E-state index contributed by atoms with van der Waals surface area (Å²) in [4.78, 5) is 22.1. The summed E-state index contributed by atoms with van der Waals surface area (Å²) >= 11 is 0. The largest absolute Gasteiger partial charge is 0.497 e. The molecule has 4 rings (SSSR count). The summed E-state index contributed by atoms with van der Waals surface area (Å²) in [7, 11) is 1.64. The minimum Gasteiger partial charge on any atom is -0.497 e. The fourth-order valence-corrected chi connectivity index (χ4v) is 3.32. The van der Waals surface area contributed by atoms with Gasteiger partial charge in [0.1, 0.15) is 18.1 Å². The fourth-order valence-electron chi connectivity index (χ4n) is 3.32. The Balaban J connectivity index is 1.49. The number of methoxy groups -OCH3 is 1. The van der Waals surface area contributed by atoms with Gasteiger partial charge in [0.15, 0.2) is 0 Å². The lowest BCUT2D eigenvalue weighted by atomic mass is 9.94. The molecule has 0 fully saturated rings. The zero-order chi connectivity index (χ0) is 15.8. The summed E-state index contributed by atoms with van der Waals surface area (Å²) in [5, 5.41) is 0. The predicted octanol–water partition coefficient (Wildman–Crippen LogP) is 1.55. The summed E-state index contributed by atoms with van der Waals surface area (Å²) in [6.07, 6.45) is 3.20. The van der Waals surface area contributed by atoms with Crippen LogP contribution in [0.2, 0.25) is 0 Å². The van der Waals surface area contributed by atoms with Crippen LogP contribution in [0.5, 0.6) is 11.5 Å². The van der Waals surface area contributed by atoms with Crippen LogP contribution < -0.4 is 9.47 Å². The highest BCUT2D eigenvalue weighted by Gasteiger charge is 2.32. The Morgan fingerprint density at radius 3 is 3.26 bits per heavy atom. The van der Waals surface area contributed by atoms with Crippen molar-refractivity contribution in [1.82, 2.24) is 14.9 Å². The molecule has 1 aromatic carbocycles. The maximum atomic E-state index is 12.8. The number of carbonyl (C=O) groups excluding carboxylic acids is 1. The van der Waals surface area contributed by atoms with E-state index in [1.54, 1.807) is 13.4 Å². The molecule has 0 aliphatic carbocycles. The molecule has 6 heteroatoms. The fraction of sp³-hybridized carbons (Fsp3) is 0.412. The smallest absolute Gasteiger partial charge is 0.229 e. The van der Waals surface area contributed by atoms with Crippen molar-refractivity contribution < 1.29 is 14.3 Å². The maximum Gasteiger partial charge on any atom is 0.229 e. The minimum absolute atomic E-state index is 0.140. The molecule has 1 aromatic heterocycles. The Labute approximate surface area is 134 Å². The lowest BCUT2D eigenvalue weighted by molar-refractivity contribution is -0.138. The number of imidazole rings is 1. The second-order valence-electron chi connectivity index (χ2n) is 6.02. The van der Waals surface area contributed by atoms with Crippen molar-refractivity contribution in [3.05, 3.63) is 41.5 Å². The highest BCUT2D eigenvalue weighted by molar-refractivity contribution is 5.80. The third-order valence-corrected chi connectivity index (χ3v) is 4.61. The average Bonchev–Trinajstić information content (AvgIpc) is 3.07. The Kier molecular flexibility index (Phi) is 3.44. The molecule has 0 bridgehead atoms. The van der Waals surface area contributed by atoms with E-state index in [4.69, 9.17) is 9.47 Å². The summed E-state index contributed by atoms with van der Waals surface area (Å²) < 4.78 is 11.0. The Morgan fingerprint density at radius 1 is 1.48 bits per heavy atom. The second kappa shape index (κ2) is 5.61. The lowest BCUT2D eigenvalue weighted by Crippen LogP contribution is -2.43. The normalized spacial score (nSPS) is 19.5. The first kappa shape index (κ1) is 14.1. The van der Waals surface area contributed by atoms with E-state index in [1.807, 2.05) is 23.1 Å². The number of fused-ring (bicyclic) bond motifs is 2. The van der Waals surface area contributed by atoms with Gasteiger partial charge in [0, 0.05) is 13.0 Å². The summed E-state index contributed by atoms with van der Waals surface area (Å²) in [5.41, 5.74) is 3.15. The van der Waals surface area contributed by atoms with Gasteiger partial charge in [0.05, 0.1) is 37.3 Å². The molecule has 0 saturated heterocycles. The molecule has 0 spiro atoms. The van der Waals surface area contributed by atoms with Crippen LogP contribution in [-0.4, -0.2) is 41.0 Å².